The Morgan fingerprint density at radius 1 is 1.10 bits per heavy atom. The van der Waals surface area contributed by atoms with Gasteiger partial charge in [-0.15, -0.1) is 0 Å². The third-order valence-electron chi connectivity index (χ3n) is 3.74. The van der Waals surface area contributed by atoms with Crippen molar-refractivity contribution in [3.8, 4) is 11.1 Å². The molecular formula is C18H18O3. The third kappa shape index (κ3) is 3.50. The fourth-order valence-electron chi connectivity index (χ4n) is 2.33. The van der Waals surface area contributed by atoms with Crippen LogP contribution in [0.1, 0.15) is 28.8 Å². The number of hydrogen-bond donors (Lipinski definition) is 1. The van der Waals surface area contributed by atoms with Crippen LogP contribution in [0.3, 0.4) is 0 Å². The lowest BCUT2D eigenvalue weighted by Crippen LogP contribution is -1.99. The topological polar surface area (TPSA) is 46.5 Å². The second kappa shape index (κ2) is 6.10. The zero-order valence-electron chi connectivity index (χ0n) is 11.8. The van der Waals surface area contributed by atoms with Crippen LogP contribution in [0.5, 0.6) is 0 Å². The van der Waals surface area contributed by atoms with Gasteiger partial charge in [-0.25, -0.2) is 4.79 Å². The lowest BCUT2D eigenvalue weighted by molar-refractivity contribution is 0.0697. The normalized spacial score (nSPS) is 14.1. The zero-order valence-corrected chi connectivity index (χ0v) is 11.8. The Bertz CT molecular complexity index is 627. The second-order valence-electron chi connectivity index (χ2n) is 5.51. The molecule has 0 unspecified atom stereocenters. The molecule has 1 saturated carbocycles. The Morgan fingerprint density at radius 3 is 2.48 bits per heavy atom. The molecule has 0 radical (unpaired) electrons. The molecule has 0 amide bonds. The highest BCUT2D eigenvalue weighted by Crippen LogP contribution is 2.29. The summed E-state index contributed by atoms with van der Waals surface area (Å²) in [5.74, 6) is -0.130. The molecule has 0 aromatic heterocycles. The minimum absolute atomic E-state index is 0.329. The molecule has 108 valence electrons. The van der Waals surface area contributed by atoms with Crippen LogP contribution >= 0.6 is 0 Å². The SMILES string of the molecule is O=C(O)c1ccccc1-c1ccc(COCC2CC2)cc1. The van der Waals surface area contributed by atoms with Gasteiger partial charge in [0, 0.05) is 6.61 Å². The van der Waals surface area contributed by atoms with Gasteiger partial charge in [-0.3, -0.25) is 0 Å². The number of aromatic carboxylic acids is 1. The first-order chi connectivity index (χ1) is 10.2. The van der Waals surface area contributed by atoms with Gasteiger partial charge in [-0.2, -0.15) is 0 Å². The minimum Gasteiger partial charge on any atom is -0.478 e. The standard InChI is InChI=1S/C18H18O3/c19-18(20)17-4-2-1-3-16(17)15-9-7-14(8-10-15)12-21-11-13-5-6-13/h1-4,7-10,13H,5-6,11-12H2,(H,19,20). The van der Waals surface area contributed by atoms with E-state index in [0.717, 1.165) is 29.2 Å². The van der Waals surface area contributed by atoms with Crippen LogP contribution in [-0.4, -0.2) is 17.7 Å². The quantitative estimate of drug-likeness (QED) is 0.871. The number of carbonyl (C=O) groups is 1. The summed E-state index contributed by atoms with van der Waals surface area (Å²) in [5, 5.41) is 9.24. The predicted octanol–water partition coefficient (Wildman–Crippen LogP) is 3.98. The van der Waals surface area contributed by atoms with Gasteiger partial charge in [0.25, 0.3) is 0 Å². The Balaban J connectivity index is 1.72. The first-order valence-electron chi connectivity index (χ1n) is 7.23. The molecule has 1 N–H and O–H groups in total. The molecule has 21 heavy (non-hydrogen) atoms. The fraction of sp³-hybridized carbons (Fsp3) is 0.278. The van der Waals surface area contributed by atoms with Gasteiger partial charge in [-0.05, 0) is 41.5 Å². The first kappa shape index (κ1) is 13.8. The molecular weight excluding hydrogens is 264 g/mol. The fourth-order valence-corrected chi connectivity index (χ4v) is 2.33. The van der Waals surface area contributed by atoms with Gasteiger partial charge in [0.1, 0.15) is 0 Å². The van der Waals surface area contributed by atoms with E-state index < -0.39 is 5.97 Å². The maximum Gasteiger partial charge on any atom is 0.336 e. The number of ether oxygens (including phenoxy) is 1. The van der Waals surface area contributed by atoms with Crippen molar-refractivity contribution in [1.82, 2.24) is 0 Å². The zero-order chi connectivity index (χ0) is 14.7. The molecule has 3 rings (SSSR count). The van der Waals surface area contributed by atoms with Gasteiger partial charge in [-0.1, -0.05) is 42.5 Å². The molecule has 0 spiro atoms. The summed E-state index contributed by atoms with van der Waals surface area (Å²) in [4.78, 5) is 11.3. The molecule has 0 aliphatic heterocycles. The molecule has 0 heterocycles. The third-order valence-corrected chi connectivity index (χ3v) is 3.74. The second-order valence-corrected chi connectivity index (χ2v) is 5.51. The number of carboxylic acid groups (broad SMARTS) is 1. The van der Waals surface area contributed by atoms with E-state index in [1.807, 2.05) is 36.4 Å². The van der Waals surface area contributed by atoms with E-state index in [4.69, 9.17) is 4.74 Å². The van der Waals surface area contributed by atoms with Gasteiger partial charge < -0.3 is 9.84 Å². The van der Waals surface area contributed by atoms with Crippen LogP contribution in [-0.2, 0) is 11.3 Å². The average Bonchev–Trinajstić information content (AvgIpc) is 3.32. The summed E-state index contributed by atoms with van der Waals surface area (Å²) in [5.41, 5.74) is 3.11. The highest BCUT2D eigenvalue weighted by Gasteiger charge is 2.21. The van der Waals surface area contributed by atoms with Crippen molar-refractivity contribution in [3.05, 3.63) is 59.7 Å². The van der Waals surface area contributed by atoms with Crippen molar-refractivity contribution >= 4 is 5.97 Å². The molecule has 1 aliphatic carbocycles. The van der Waals surface area contributed by atoms with E-state index in [0.29, 0.717) is 12.2 Å². The van der Waals surface area contributed by atoms with Crippen molar-refractivity contribution < 1.29 is 14.6 Å². The number of carboxylic acids is 1. The van der Waals surface area contributed by atoms with Crippen molar-refractivity contribution in [2.24, 2.45) is 5.92 Å². The summed E-state index contributed by atoms with van der Waals surface area (Å²) in [6, 6.07) is 15.0. The van der Waals surface area contributed by atoms with Crippen molar-refractivity contribution in [2.45, 2.75) is 19.4 Å². The van der Waals surface area contributed by atoms with Crippen LogP contribution in [0.15, 0.2) is 48.5 Å². The number of hydrogen-bond acceptors (Lipinski definition) is 2. The molecule has 0 bridgehead atoms. The summed E-state index contributed by atoms with van der Waals surface area (Å²) >= 11 is 0. The van der Waals surface area contributed by atoms with Crippen LogP contribution < -0.4 is 0 Å². The van der Waals surface area contributed by atoms with Gasteiger partial charge >= 0.3 is 5.97 Å². The van der Waals surface area contributed by atoms with Crippen LogP contribution in [0.25, 0.3) is 11.1 Å². The molecule has 0 saturated heterocycles. The number of benzene rings is 2. The average molecular weight is 282 g/mol. The maximum atomic E-state index is 11.3. The summed E-state index contributed by atoms with van der Waals surface area (Å²) in [7, 11) is 0. The van der Waals surface area contributed by atoms with E-state index in [-0.39, 0.29) is 0 Å². The van der Waals surface area contributed by atoms with E-state index >= 15 is 0 Å². The Labute approximate surface area is 124 Å². The predicted molar refractivity (Wildman–Crippen MR) is 81.2 cm³/mol. The number of rotatable bonds is 6. The summed E-state index contributed by atoms with van der Waals surface area (Å²) < 4.78 is 5.66. The lowest BCUT2D eigenvalue weighted by Gasteiger charge is -2.08. The maximum absolute atomic E-state index is 11.3. The molecule has 0 atom stereocenters. The van der Waals surface area contributed by atoms with Crippen LogP contribution in [0.4, 0.5) is 0 Å². The van der Waals surface area contributed by atoms with Gasteiger partial charge in [0.2, 0.25) is 0 Å². The monoisotopic (exact) mass is 282 g/mol. The Morgan fingerprint density at radius 2 is 1.81 bits per heavy atom. The van der Waals surface area contributed by atoms with Crippen LogP contribution in [0, 0.1) is 5.92 Å². The molecule has 1 aliphatic rings. The van der Waals surface area contributed by atoms with Gasteiger partial charge in [0.05, 0.1) is 12.2 Å². The first-order valence-corrected chi connectivity index (χ1v) is 7.23. The lowest BCUT2D eigenvalue weighted by atomic mass is 9.99. The van der Waals surface area contributed by atoms with Gasteiger partial charge in [0.15, 0.2) is 0 Å². The highest BCUT2D eigenvalue weighted by atomic mass is 16.5. The molecule has 3 nitrogen and oxygen atoms in total. The molecule has 2 aromatic carbocycles. The van der Waals surface area contributed by atoms with Crippen molar-refractivity contribution in [3.63, 3.8) is 0 Å². The van der Waals surface area contributed by atoms with Crippen molar-refractivity contribution in [2.75, 3.05) is 6.61 Å². The molecule has 2 aromatic rings. The summed E-state index contributed by atoms with van der Waals surface area (Å²) in [6.07, 6.45) is 2.59. The summed E-state index contributed by atoms with van der Waals surface area (Å²) in [6.45, 7) is 1.47. The van der Waals surface area contributed by atoms with Crippen LogP contribution in [0.2, 0.25) is 0 Å². The van der Waals surface area contributed by atoms with E-state index in [2.05, 4.69) is 0 Å². The van der Waals surface area contributed by atoms with E-state index in [9.17, 15) is 9.90 Å². The Kier molecular flexibility index (Phi) is 4.02. The van der Waals surface area contributed by atoms with Crippen molar-refractivity contribution in [1.29, 1.82) is 0 Å². The smallest absolute Gasteiger partial charge is 0.336 e. The minimum atomic E-state index is -0.901. The Hall–Kier alpha value is -2.13. The largest absolute Gasteiger partial charge is 0.478 e. The highest BCUT2D eigenvalue weighted by molar-refractivity contribution is 5.95. The molecule has 1 fully saturated rings. The van der Waals surface area contributed by atoms with E-state index in [1.54, 1.807) is 12.1 Å². The molecule has 3 heteroatoms. The van der Waals surface area contributed by atoms with E-state index in [1.165, 1.54) is 12.8 Å².